The van der Waals surface area contributed by atoms with E-state index < -0.39 is 11.9 Å². The fourth-order valence-electron chi connectivity index (χ4n) is 1.50. The normalized spacial score (nSPS) is 15.5. The molecule has 0 saturated heterocycles. The van der Waals surface area contributed by atoms with Crippen LogP contribution in [0.4, 0.5) is 19.0 Å². The van der Waals surface area contributed by atoms with Gasteiger partial charge in [-0.1, -0.05) is 0 Å². The minimum Gasteiger partial charge on any atom is -0.381 e. The molecule has 106 valence electrons. The lowest BCUT2D eigenvalue weighted by Crippen LogP contribution is -2.12. The van der Waals surface area contributed by atoms with Gasteiger partial charge in [-0.15, -0.1) is 10.2 Å². The SMILES string of the molecule is FC(F)(F)c1ccc(NCCCOCC2CC2)nn1. The Labute approximate surface area is 109 Å². The second-order valence-electron chi connectivity index (χ2n) is 4.60. The van der Waals surface area contributed by atoms with E-state index in [0.29, 0.717) is 19.0 Å². The molecule has 0 atom stereocenters. The quantitative estimate of drug-likeness (QED) is 0.777. The Hall–Kier alpha value is -1.37. The molecule has 1 heterocycles. The maximum absolute atomic E-state index is 12.2. The van der Waals surface area contributed by atoms with Crippen molar-refractivity contribution in [3.05, 3.63) is 17.8 Å². The number of aromatic nitrogens is 2. The van der Waals surface area contributed by atoms with Crippen LogP contribution in [0.3, 0.4) is 0 Å². The van der Waals surface area contributed by atoms with E-state index in [1.807, 2.05) is 0 Å². The van der Waals surface area contributed by atoms with Crippen LogP contribution in [0.5, 0.6) is 0 Å². The Kier molecular flexibility index (Phi) is 4.57. The molecule has 1 saturated carbocycles. The van der Waals surface area contributed by atoms with E-state index in [9.17, 15) is 13.2 Å². The second kappa shape index (κ2) is 6.18. The van der Waals surface area contributed by atoms with Gasteiger partial charge in [0.05, 0.1) is 0 Å². The number of halogens is 3. The van der Waals surface area contributed by atoms with Crippen molar-refractivity contribution in [3.8, 4) is 0 Å². The number of hydrogen-bond donors (Lipinski definition) is 1. The van der Waals surface area contributed by atoms with Crippen LogP contribution in [0.2, 0.25) is 0 Å². The van der Waals surface area contributed by atoms with Crippen LogP contribution in [0.1, 0.15) is 25.0 Å². The van der Waals surface area contributed by atoms with Gasteiger partial charge in [-0.2, -0.15) is 13.2 Å². The highest BCUT2D eigenvalue weighted by Crippen LogP contribution is 2.28. The minimum atomic E-state index is -4.44. The molecule has 1 N–H and O–H groups in total. The van der Waals surface area contributed by atoms with Gasteiger partial charge >= 0.3 is 6.18 Å². The van der Waals surface area contributed by atoms with Gasteiger partial charge in [0.2, 0.25) is 0 Å². The third-order valence-electron chi connectivity index (χ3n) is 2.78. The Bertz CT molecular complexity index is 390. The van der Waals surface area contributed by atoms with Gasteiger partial charge in [0.1, 0.15) is 5.82 Å². The third kappa shape index (κ3) is 5.02. The highest BCUT2D eigenvalue weighted by atomic mass is 19.4. The van der Waals surface area contributed by atoms with Crippen molar-refractivity contribution < 1.29 is 17.9 Å². The van der Waals surface area contributed by atoms with Gasteiger partial charge in [0.15, 0.2) is 5.69 Å². The van der Waals surface area contributed by atoms with Crippen molar-refractivity contribution in [2.75, 3.05) is 25.1 Å². The standard InChI is InChI=1S/C12H16F3N3O/c13-12(14,15)10-4-5-11(18-17-10)16-6-1-7-19-8-9-2-3-9/h4-5,9H,1-3,6-8H2,(H,16,18). The summed E-state index contributed by atoms with van der Waals surface area (Å²) < 4.78 is 42.2. The molecular formula is C12H16F3N3O. The zero-order valence-electron chi connectivity index (χ0n) is 10.4. The van der Waals surface area contributed by atoms with Crippen molar-refractivity contribution in [1.82, 2.24) is 10.2 Å². The topological polar surface area (TPSA) is 47.0 Å². The molecule has 0 aliphatic heterocycles. The van der Waals surface area contributed by atoms with Gasteiger partial charge in [0, 0.05) is 19.8 Å². The van der Waals surface area contributed by atoms with Crippen LogP contribution >= 0.6 is 0 Å². The molecule has 1 aliphatic rings. The molecular weight excluding hydrogens is 259 g/mol. The molecule has 0 radical (unpaired) electrons. The van der Waals surface area contributed by atoms with E-state index in [1.165, 1.54) is 18.9 Å². The van der Waals surface area contributed by atoms with E-state index in [4.69, 9.17) is 4.74 Å². The highest BCUT2D eigenvalue weighted by molar-refractivity contribution is 5.33. The van der Waals surface area contributed by atoms with Crippen LogP contribution in [0, 0.1) is 5.92 Å². The number of anilines is 1. The molecule has 0 aromatic carbocycles. The first kappa shape index (κ1) is 14.0. The summed E-state index contributed by atoms with van der Waals surface area (Å²) in [7, 11) is 0. The van der Waals surface area contributed by atoms with E-state index in [-0.39, 0.29) is 0 Å². The maximum Gasteiger partial charge on any atom is 0.435 e. The van der Waals surface area contributed by atoms with Gasteiger partial charge in [0.25, 0.3) is 0 Å². The van der Waals surface area contributed by atoms with Crippen molar-refractivity contribution in [1.29, 1.82) is 0 Å². The Balaban J connectivity index is 1.62. The summed E-state index contributed by atoms with van der Waals surface area (Å²) in [6.07, 6.45) is -1.13. The van der Waals surface area contributed by atoms with Crippen LogP contribution in [0.25, 0.3) is 0 Å². The summed E-state index contributed by atoms with van der Waals surface area (Å²) in [4.78, 5) is 0. The van der Waals surface area contributed by atoms with Crippen molar-refractivity contribution in [2.24, 2.45) is 5.92 Å². The van der Waals surface area contributed by atoms with E-state index in [1.54, 1.807) is 0 Å². The van der Waals surface area contributed by atoms with E-state index in [2.05, 4.69) is 15.5 Å². The second-order valence-corrected chi connectivity index (χ2v) is 4.60. The summed E-state index contributed by atoms with van der Waals surface area (Å²) in [5.41, 5.74) is -0.981. The summed E-state index contributed by atoms with van der Waals surface area (Å²) >= 11 is 0. The Morgan fingerprint density at radius 1 is 1.26 bits per heavy atom. The fourth-order valence-corrected chi connectivity index (χ4v) is 1.50. The Morgan fingerprint density at radius 2 is 2.05 bits per heavy atom. The first-order valence-electron chi connectivity index (χ1n) is 6.28. The number of nitrogens with zero attached hydrogens (tertiary/aromatic N) is 2. The zero-order chi connectivity index (χ0) is 13.7. The minimum absolute atomic E-state index is 0.343. The molecule has 0 spiro atoms. The first-order valence-corrected chi connectivity index (χ1v) is 6.28. The molecule has 0 bridgehead atoms. The Morgan fingerprint density at radius 3 is 2.63 bits per heavy atom. The molecule has 1 aromatic rings. The number of rotatable bonds is 7. The first-order chi connectivity index (χ1) is 9.05. The van der Waals surface area contributed by atoms with Crippen LogP contribution < -0.4 is 5.32 Å². The molecule has 4 nitrogen and oxygen atoms in total. The average Bonchev–Trinajstić information content (AvgIpc) is 3.17. The molecule has 1 aliphatic carbocycles. The van der Waals surface area contributed by atoms with Crippen LogP contribution in [-0.2, 0) is 10.9 Å². The zero-order valence-corrected chi connectivity index (χ0v) is 10.4. The van der Waals surface area contributed by atoms with Gasteiger partial charge in [-0.3, -0.25) is 0 Å². The van der Waals surface area contributed by atoms with E-state index >= 15 is 0 Å². The van der Waals surface area contributed by atoms with Gasteiger partial charge in [-0.05, 0) is 37.3 Å². The summed E-state index contributed by atoms with van der Waals surface area (Å²) in [5, 5.41) is 9.51. The third-order valence-corrected chi connectivity index (χ3v) is 2.78. The average molecular weight is 275 g/mol. The summed E-state index contributed by atoms with van der Waals surface area (Å²) in [6.45, 7) is 2.07. The number of nitrogens with one attached hydrogen (secondary N) is 1. The largest absolute Gasteiger partial charge is 0.435 e. The lowest BCUT2D eigenvalue weighted by Gasteiger charge is -2.07. The highest BCUT2D eigenvalue weighted by Gasteiger charge is 2.32. The lowest BCUT2D eigenvalue weighted by molar-refractivity contribution is -0.141. The molecule has 0 amide bonds. The van der Waals surface area contributed by atoms with E-state index in [0.717, 1.165) is 25.0 Å². The number of alkyl halides is 3. The molecule has 0 unspecified atom stereocenters. The molecule has 7 heteroatoms. The summed E-state index contributed by atoms with van der Waals surface area (Å²) in [6, 6.07) is 2.19. The molecule has 2 rings (SSSR count). The molecule has 1 fully saturated rings. The number of ether oxygens (including phenoxy) is 1. The predicted octanol–water partition coefficient (Wildman–Crippen LogP) is 2.72. The maximum atomic E-state index is 12.2. The smallest absolute Gasteiger partial charge is 0.381 e. The predicted molar refractivity (Wildman–Crippen MR) is 63.7 cm³/mol. The summed E-state index contributed by atoms with van der Waals surface area (Å²) in [5.74, 6) is 1.09. The van der Waals surface area contributed by atoms with Crippen molar-refractivity contribution in [3.63, 3.8) is 0 Å². The molecule has 1 aromatic heterocycles. The van der Waals surface area contributed by atoms with Crippen molar-refractivity contribution in [2.45, 2.75) is 25.4 Å². The van der Waals surface area contributed by atoms with Gasteiger partial charge < -0.3 is 10.1 Å². The fraction of sp³-hybridized carbons (Fsp3) is 0.667. The number of hydrogen-bond acceptors (Lipinski definition) is 4. The van der Waals surface area contributed by atoms with Gasteiger partial charge in [-0.25, -0.2) is 0 Å². The molecule has 19 heavy (non-hydrogen) atoms. The van der Waals surface area contributed by atoms with Crippen LogP contribution in [-0.4, -0.2) is 30.0 Å². The lowest BCUT2D eigenvalue weighted by atomic mass is 10.3. The monoisotopic (exact) mass is 275 g/mol. The van der Waals surface area contributed by atoms with Crippen LogP contribution in [0.15, 0.2) is 12.1 Å². The van der Waals surface area contributed by atoms with Crippen molar-refractivity contribution >= 4 is 5.82 Å².